The number of fused-ring (bicyclic) bond motifs is 1. The van der Waals surface area contributed by atoms with E-state index >= 15 is 0 Å². The maximum atomic E-state index is 12.2. The van der Waals surface area contributed by atoms with Crippen LogP contribution in [-0.2, 0) is 0 Å². The first-order valence-electron chi connectivity index (χ1n) is 6.54. The number of aromatic nitrogens is 1. The Balaban J connectivity index is 2.28. The minimum absolute atomic E-state index is 0.131. The van der Waals surface area contributed by atoms with Crippen molar-refractivity contribution in [1.29, 1.82) is 0 Å². The van der Waals surface area contributed by atoms with Gasteiger partial charge in [0.15, 0.2) is 0 Å². The van der Waals surface area contributed by atoms with Crippen LogP contribution in [0, 0.1) is 0 Å². The average molecular weight is 289 g/mol. The van der Waals surface area contributed by atoms with Gasteiger partial charge in [-0.25, -0.2) is 4.98 Å². The molecule has 1 unspecified atom stereocenters. The summed E-state index contributed by atoms with van der Waals surface area (Å²) in [6, 6.07) is 9.58. The van der Waals surface area contributed by atoms with Gasteiger partial charge in [-0.2, -0.15) is 11.8 Å². The molecule has 2 aromatic rings. The molecule has 0 saturated heterocycles. The Hall–Kier alpha value is -1.75. The summed E-state index contributed by atoms with van der Waals surface area (Å²) in [5.74, 6) is -0.131. The van der Waals surface area contributed by atoms with Crippen LogP contribution < -0.4 is 10.6 Å². The number of nitrogens with zero attached hydrogens (tertiary/aromatic N) is 1. The molecular weight excluding hydrogens is 270 g/mol. The number of benzene rings is 1. The number of para-hydroxylation sites is 1. The normalized spacial score (nSPS) is 12.2. The highest BCUT2D eigenvalue weighted by atomic mass is 32.2. The monoisotopic (exact) mass is 289 g/mol. The zero-order valence-electron chi connectivity index (χ0n) is 11.9. The second-order valence-electron chi connectivity index (χ2n) is 4.58. The Bertz CT molecular complexity index is 615. The summed E-state index contributed by atoms with van der Waals surface area (Å²) in [4.78, 5) is 16.6. The number of hydrogen-bond acceptors (Lipinski definition) is 4. The standard InChI is InChI=1S/C15H19N3OS/c1-10(20-3)9-17-15(19)14-8-13(16-2)11-6-4-5-7-12(11)18-14/h4-8,10H,9H2,1-3H3,(H,16,18)(H,17,19). The molecular formula is C15H19N3OS. The number of thioether (sulfide) groups is 1. The van der Waals surface area contributed by atoms with Gasteiger partial charge in [-0.05, 0) is 18.4 Å². The van der Waals surface area contributed by atoms with Gasteiger partial charge in [0.1, 0.15) is 5.69 Å². The van der Waals surface area contributed by atoms with Crippen molar-refractivity contribution in [3.8, 4) is 0 Å². The van der Waals surface area contributed by atoms with Crippen LogP contribution in [0.1, 0.15) is 17.4 Å². The lowest BCUT2D eigenvalue weighted by Gasteiger charge is -2.11. The molecule has 5 heteroatoms. The smallest absolute Gasteiger partial charge is 0.270 e. The highest BCUT2D eigenvalue weighted by Crippen LogP contribution is 2.22. The summed E-state index contributed by atoms with van der Waals surface area (Å²) in [7, 11) is 1.85. The topological polar surface area (TPSA) is 54.0 Å². The van der Waals surface area contributed by atoms with Crippen LogP contribution in [-0.4, -0.2) is 36.0 Å². The van der Waals surface area contributed by atoms with Gasteiger partial charge < -0.3 is 10.6 Å². The highest BCUT2D eigenvalue weighted by molar-refractivity contribution is 7.99. The molecule has 1 aromatic heterocycles. The first-order valence-corrected chi connectivity index (χ1v) is 7.83. The fraction of sp³-hybridized carbons (Fsp3) is 0.333. The summed E-state index contributed by atoms with van der Waals surface area (Å²) in [5.41, 5.74) is 2.18. The third-order valence-electron chi connectivity index (χ3n) is 3.17. The van der Waals surface area contributed by atoms with Crippen molar-refractivity contribution in [2.45, 2.75) is 12.2 Å². The maximum absolute atomic E-state index is 12.2. The summed E-state index contributed by atoms with van der Waals surface area (Å²) in [6.45, 7) is 2.72. The minimum atomic E-state index is -0.131. The van der Waals surface area contributed by atoms with Gasteiger partial charge in [0, 0.05) is 29.9 Å². The van der Waals surface area contributed by atoms with Crippen LogP contribution in [0.2, 0.25) is 0 Å². The molecule has 0 spiro atoms. The quantitative estimate of drug-likeness (QED) is 0.888. The van der Waals surface area contributed by atoms with Crippen molar-refractivity contribution in [3.05, 3.63) is 36.0 Å². The fourth-order valence-electron chi connectivity index (χ4n) is 1.91. The van der Waals surface area contributed by atoms with E-state index < -0.39 is 0 Å². The fourth-order valence-corrected chi connectivity index (χ4v) is 2.16. The van der Waals surface area contributed by atoms with Gasteiger partial charge in [-0.1, -0.05) is 25.1 Å². The molecule has 1 heterocycles. The van der Waals surface area contributed by atoms with Gasteiger partial charge >= 0.3 is 0 Å². The summed E-state index contributed by atoms with van der Waals surface area (Å²) >= 11 is 1.72. The Morgan fingerprint density at radius 3 is 2.85 bits per heavy atom. The number of anilines is 1. The van der Waals surface area contributed by atoms with Gasteiger partial charge in [0.25, 0.3) is 5.91 Å². The van der Waals surface area contributed by atoms with E-state index in [1.54, 1.807) is 17.8 Å². The highest BCUT2D eigenvalue weighted by Gasteiger charge is 2.12. The molecule has 4 nitrogen and oxygen atoms in total. The molecule has 0 radical (unpaired) electrons. The van der Waals surface area contributed by atoms with Crippen molar-refractivity contribution in [1.82, 2.24) is 10.3 Å². The second-order valence-corrected chi connectivity index (χ2v) is 5.85. The molecule has 0 aliphatic rings. The van der Waals surface area contributed by atoms with E-state index in [0.29, 0.717) is 17.5 Å². The van der Waals surface area contributed by atoms with E-state index in [1.165, 1.54) is 0 Å². The molecule has 0 aliphatic heterocycles. The number of rotatable bonds is 5. The SMILES string of the molecule is CNc1cc(C(=O)NCC(C)SC)nc2ccccc12. The number of hydrogen-bond donors (Lipinski definition) is 2. The van der Waals surface area contributed by atoms with Gasteiger partial charge in [0.05, 0.1) is 5.52 Å². The van der Waals surface area contributed by atoms with E-state index in [-0.39, 0.29) is 5.91 Å². The number of amides is 1. The molecule has 20 heavy (non-hydrogen) atoms. The molecule has 0 aliphatic carbocycles. The zero-order valence-corrected chi connectivity index (χ0v) is 12.8. The average Bonchev–Trinajstić information content (AvgIpc) is 2.50. The molecule has 0 saturated carbocycles. The number of pyridine rings is 1. The van der Waals surface area contributed by atoms with Crippen molar-refractivity contribution in [2.24, 2.45) is 0 Å². The largest absolute Gasteiger partial charge is 0.388 e. The van der Waals surface area contributed by atoms with Crippen molar-refractivity contribution < 1.29 is 4.79 Å². The predicted octanol–water partition coefficient (Wildman–Crippen LogP) is 2.76. The molecule has 1 aromatic carbocycles. The first kappa shape index (κ1) is 14.7. The number of carbonyl (C=O) groups excluding carboxylic acids is 1. The van der Waals surface area contributed by atoms with Gasteiger partial charge in [0.2, 0.25) is 0 Å². The summed E-state index contributed by atoms with van der Waals surface area (Å²) < 4.78 is 0. The Labute approximate surface area is 123 Å². The summed E-state index contributed by atoms with van der Waals surface area (Å²) in [5, 5.41) is 7.44. The number of carbonyl (C=O) groups is 1. The van der Waals surface area contributed by atoms with E-state index in [1.807, 2.05) is 37.6 Å². The Kier molecular flexibility index (Phi) is 4.84. The second kappa shape index (κ2) is 6.61. The summed E-state index contributed by atoms with van der Waals surface area (Å²) in [6.07, 6.45) is 2.03. The Morgan fingerprint density at radius 2 is 2.15 bits per heavy atom. The molecule has 2 N–H and O–H groups in total. The molecule has 0 bridgehead atoms. The van der Waals surface area contributed by atoms with Crippen LogP contribution in [0.5, 0.6) is 0 Å². The first-order chi connectivity index (χ1) is 9.65. The lowest BCUT2D eigenvalue weighted by atomic mass is 10.1. The third kappa shape index (κ3) is 3.22. The van der Waals surface area contributed by atoms with E-state index in [2.05, 4.69) is 22.5 Å². The van der Waals surface area contributed by atoms with E-state index in [9.17, 15) is 4.79 Å². The van der Waals surface area contributed by atoms with E-state index in [0.717, 1.165) is 16.6 Å². The van der Waals surface area contributed by atoms with E-state index in [4.69, 9.17) is 0 Å². The van der Waals surface area contributed by atoms with Gasteiger partial charge in [-0.3, -0.25) is 4.79 Å². The molecule has 1 atom stereocenters. The lowest BCUT2D eigenvalue weighted by Crippen LogP contribution is -2.30. The molecule has 0 fully saturated rings. The lowest BCUT2D eigenvalue weighted by molar-refractivity contribution is 0.0949. The Morgan fingerprint density at radius 1 is 1.40 bits per heavy atom. The van der Waals surface area contributed by atoms with Crippen LogP contribution in [0.25, 0.3) is 10.9 Å². The van der Waals surface area contributed by atoms with Gasteiger partial charge in [-0.15, -0.1) is 0 Å². The number of nitrogens with one attached hydrogen (secondary N) is 2. The third-order valence-corrected chi connectivity index (χ3v) is 4.14. The minimum Gasteiger partial charge on any atom is -0.388 e. The zero-order chi connectivity index (χ0) is 14.5. The van der Waals surface area contributed by atoms with Crippen molar-refractivity contribution in [2.75, 3.05) is 25.2 Å². The molecule has 2 rings (SSSR count). The van der Waals surface area contributed by atoms with Crippen LogP contribution in [0.3, 0.4) is 0 Å². The van der Waals surface area contributed by atoms with Crippen molar-refractivity contribution >= 4 is 34.3 Å². The van der Waals surface area contributed by atoms with Crippen LogP contribution >= 0.6 is 11.8 Å². The predicted molar refractivity (Wildman–Crippen MR) is 86.6 cm³/mol. The molecule has 106 valence electrons. The maximum Gasteiger partial charge on any atom is 0.270 e. The van der Waals surface area contributed by atoms with Crippen LogP contribution in [0.4, 0.5) is 5.69 Å². The van der Waals surface area contributed by atoms with Crippen LogP contribution in [0.15, 0.2) is 30.3 Å². The van der Waals surface area contributed by atoms with Crippen molar-refractivity contribution in [3.63, 3.8) is 0 Å². The molecule has 1 amide bonds.